The van der Waals surface area contributed by atoms with Gasteiger partial charge >= 0.3 is 5.97 Å². The number of nitrogens with zero attached hydrogens (tertiary/aromatic N) is 1. The van der Waals surface area contributed by atoms with Crippen molar-refractivity contribution in [2.24, 2.45) is 11.8 Å². The molecule has 0 rings (SSSR count). The maximum atomic E-state index is 13.2. The minimum Gasteiger partial charge on any atom is -0.466 e. The highest BCUT2D eigenvalue weighted by molar-refractivity contribution is 5.76. The molecule has 208 valence electrons. The van der Waals surface area contributed by atoms with E-state index in [1.165, 1.54) is 70.6 Å². The number of carbonyl (C=O) groups is 2. The van der Waals surface area contributed by atoms with Crippen molar-refractivity contribution in [3.05, 3.63) is 0 Å². The number of ether oxygens (including phenoxy) is 1. The van der Waals surface area contributed by atoms with Crippen molar-refractivity contribution in [1.82, 2.24) is 4.90 Å². The van der Waals surface area contributed by atoms with Crippen LogP contribution < -0.4 is 0 Å². The second-order valence-corrected chi connectivity index (χ2v) is 10.7. The Morgan fingerprint density at radius 3 is 1.60 bits per heavy atom. The predicted molar refractivity (Wildman–Crippen MR) is 151 cm³/mol. The number of esters is 1. The molecule has 0 radical (unpaired) electrons. The van der Waals surface area contributed by atoms with Gasteiger partial charge in [-0.1, -0.05) is 112 Å². The lowest BCUT2D eigenvalue weighted by Crippen LogP contribution is -2.38. The fourth-order valence-corrected chi connectivity index (χ4v) is 4.76. The van der Waals surface area contributed by atoms with Gasteiger partial charge in [-0.15, -0.1) is 0 Å². The summed E-state index contributed by atoms with van der Waals surface area (Å²) in [5, 5.41) is 0. The average Bonchev–Trinajstić information content (AvgIpc) is 2.87. The van der Waals surface area contributed by atoms with E-state index in [2.05, 4.69) is 39.5 Å². The summed E-state index contributed by atoms with van der Waals surface area (Å²) in [4.78, 5) is 27.4. The van der Waals surface area contributed by atoms with Crippen molar-refractivity contribution >= 4 is 11.9 Å². The molecular weight excluding hydrogens is 434 g/mol. The van der Waals surface area contributed by atoms with Gasteiger partial charge in [-0.05, 0) is 43.9 Å². The van der Waals surface area contributed by atoms with Crippen molar-refractivity contribution in [3.63, 3.8) is 0 Å². The molecule has 2 atom stereocenters. The Morgan fingerprint density at radius 2 is 1.09 bits per heavy atom. The molecule has 0 heterocycles. The van der Waals surface area contributed by atoms with Gasteiger partial charge in [0.2, 0.25) is 5.91 Å². The summed E-state index contributed by atoms with van der Waals surface area (Å²) in [5.41, 5.74) is 0. The second-order valence-electron chi connectivity index (χ2n) is 10.7. The summed E-state index contributed by atoms with van der Waals surface area (Å²) in [6.45, 7) is 13.6. The first-order chi connectivity index (χ1) is 17.0. The summed E-state index contributed by atoms with van der Waals surface area (Å²) in [5.74, 6) is 1.39. The van der Waals surface area contributed by atoms with Gasteiger partial charge < -0.3 is 9.64 Å². The van der Waals surface area contributed by atoms with E-state index in [1.807, 2.05) is 0 Å². The van der Waals surface area contributed by atoms with Gasteiger partial charge in [-0.2, -0.15) is 0 Å². The smallest absolute Gasteiger partial charge is 0.305 e. The van der Waals surface area contributed by atoms with Crippen molar-refractivity contribution in [1.29, 1.82) is 0 Å². The Hall–Kier alpha value is -1.06. The number of hydrogen-bond donors (Lipinski definition) is 0. The highest BCUT2D eigenvalue weighted by Gasteiger charge is 2.21. The molecule has 0 N–H and O–H groups in total. The molecule has 2 unspecified atom stereocenters. The van der Waals surface area contributed by atoms with Gasteiger partial charge in [0, 0.05) is 25.9 Å². The molecule has 0 aliphatic heterocycles. The van der Waals surface area contributed by atoms with Crippen molar-refractivity contribution in [2.45, 2.75) is 157 Å². The summed E-state index contributed by atoms with van der Waals surface area (Å²) in [6, 6.07) is 0. The lowest BCUT2D eigenvalue weighted by atomic mass is 9.95. The van der Waals surface area contributed by atoms with E-state index in [0.717, 1.165) is 51.6 Å². The zero-order valence-corrected chi connectivity index (χ0v) is 24.4. The lowest BCUT2D eigenvalue weighted by molar-refractivity contribution is -0.144. The molecule has 4 nitrogen and oxygen atoms in total. The van der Waals surface area contributed by atoms with E-state index in [1.54, 1.807) is 0 Å². The Kier molecular flexibility index (Phi) is 23.9. The molecule has 0 aliphatic carbocycles. The topological polar surface area (TPSA) is 46.6 Å². The summed E-state index contributed by atoms with van der Waals surface area (Å²) in [7, 11) is 0. The third-order valence-electron chi connectivity index (χ3n) is 7.43. The Morgan fingerprint density at radius 1 is 0.600 bits per heavy atom. The molecule has 0 spiro atoms. The van der Waals surface area contributed by atoms with Gasteiger partial charge in [0.05, 0.1) is 6.61 Å². The van der Waals surface area contributed by atoms with E-state index >= 15 is 0 Å². The minimum absolute atomic E-state index is 0.100. The molecule has 0 aromatic heterocycles. The highest BCUT2D eigenvalue weighted by Crippen LogP contribution is 2.20. The molecule has 0 bridgehead atoms. The largest absolute Gasteiger partial charge is 0.466 e. The summed E-state index contributed by atoms with van der Waals surface area (Å²) < 4.78 is 5.40. The number of rotatable bonds is 25. The molecule has 0 fully saturated rings. The molecule has 0 aromatic rings. The zero-order valence-electron chi connectivity index (χ0n) is 24.4. The Labute approximate surface area is 219 Å². The number of hydrogen-bond acceptors (Lipinski definition) is 3. The Bertz CT molecular complexity index is 476. The fraction of sp³-hybridized carbons (Fsp3) is 0.935. The van der Waals surface area contributed by atoms with E-state index in [4.69, 9.17) is 4.74 Å². The van der Waals surface area contributed by atoms with Crippen LogP contribution in [0.2, 0.25) is 0 Å². The van der Waals surface area contributed by atoms with Crippen LogP contribution in [-0.2, 0) is 14.3 Å². The van der Waals surface area contributed by atoms with E-state index < -0.39 is 0 Å². The van der Waals surface area contributed by atoms with Gasteiger partial charge in [0.1, 0.15) is 0 Å². The highest BCUT2D eigenvalue weighted by atomic mass is 16.5. The van der Waals surface area contributed by atoms with Crippen LogP contribution in [-0.4, -0.2) is 36.5 Å². The molecule has 35 heavy (non-hydrogen) atoms. The van der Waals surface area contributed by atoms with Crippen LogP contribution in [0.5, 0.6) is 0 Å². The maximum Gasteiger partial charge on any atom is 0.305 e. The standard InChI is InChI=1S/C31H61NO3/c1-6-11-14-15-16-17-20-25-35-31(34)24-19-18-23-30(33)32(26-28(9-4)21-12-7-2)27-29(10-5)22-13-8-3/h28-29H,6-27H2,1-5H3. The Balaban J connectivity index is 4.38. The average molecular weight is 496 g/mol. The quantitative estimate of drug-likeness (QED) is 0.0937. The van der Waals surface area contributed by atoms with Gasteiger partial charge in [0.25, 0.3) is 0 Å². The molecule has 0 aliphatic rings. The molecular formula is C31H61NO3. The third-order valence-corrected chi connectivity index (χ3v) is 7.43. The minimum atomic E-state index is -0.100. The lowest BCUT2D eigenvalue weighted by Gasteiger charge is -2.31. The van der Waals surface area contributed by atoms with E-state index in [9.17, 15) is 9.59 Å². The molecule has 1 amide bonds. The summed E-state index contributed by atoms with van der Waals surface area (Å²) in [6.07, 6.45) is 20.7. The summed E-state index contributed by atoms with van der Waals surface area (Å²) >= 11 is 0. The van der Waals surface area contributed by atoms with Crippen molar-refractivity contribution in [3.8, 4) is 0 Å². The predicted octanol–water partition coefficient (Wildman–Crippen LogP) is 9.10. The van der Waals surface area contributed by atoms with Gasteiger partial charge in [-0.25, -0.2) is 0 Å². The van der Waals surface area contributed by atoms with E-state index in [-0.39, 0.29) is 11.9 Å². The number of carbonyl (C=O) groups excluding carboxylic acids is 2. The molecule has 4 heteroatoms. The third kappa shape index (κ3) is 19.8. The second kappa shape index (κ2) is 24.6. The molecule has 0 saturated heterocycles. The number of unbranched alkanes of at least 4 members (excludes halogenated alkanes) is 9. The maximum absolute atomic E-state index is 13.2. The van der Waals surface area contributed by atoms with Gasteiger partial charge in [-0.3, -0.25) is 9.59 Å². The fourth-order valence-electron chi connectivity index (χ4n) is 4.76. The zero-order chi connectivity index (χ0) is 26.2. The normalized spacial score (nSPS) is 12.9. The van der Waals surface area contributed by atoms with Crippen LogP contribution in [0.15, 0.2) is 0 Å². The van der Waals surface area contributed by atoms with Crippen molar-refractivity contribution < 1.29 is 14.3 Å². The van der Waals surface area contributed by atoms with Gasteiger partial charge in [0.15, 0.2) is 0 Å². The van der Waals surface area contributed by atoms with Crippen LogP contribution in [0.1, 0.15) is 157 Å². The van der Waals surface area contributed by atoms with Crippen LogP contribution in [0, 0.1) is 11.8 Å². The van der Waals surface area contributed by atoms with Crippen LogP contribution in [0.3, 0.4) is 0 Å². The van der Waals surface area contributed by atoms with Crippen LogP contribution in [0.4, 0.5) is 0 Å². The molecule has 0 saturated carbocycles. The van der Waals surface area contributed by atoms with Crippen molar-refractivity contribution in [2.75, 3.05) is 19.7 Å². The monoisotopic (exact) mass is 495 g/mol. The first kappa shape index (κ1) is 33.9. The molecule has 0 aromatic carbocycles. The van der Waals surface area contributed by atoms with Crippen LogP contribution >= 0.6 is 0 Å². The SMILES string of the molecule is CCCCCCCCCOC(=O)CCCCC(=O)N(CC(CC)CCCC)CC(CC)CCCC. The number of amides is 1. The first-order valence-corrected chi connectivity index (χ1v) is 15.4. The van der Waals surface area contributed by atoms with Crippen LogP contribution in [0.25, 0.3) is 0 Å². The van der Waals surface area contributed by atoms with E-state index in [0.29, 0.717) is 31.3 Å². The first-order valence-electron chi connectivity index (χ1n) is 15.4.